The number of nitrogens with one attached hydrogen (secondary N) is 2. The summed E-state index contributed by atoms with van der Waals surface area (Å²) in [6.07, 6.45) is 2.92. The number of anilines is 2. The lowest BCUT2D eigenvalue weighted by molar-refractivity contribution is 0.553. The first-order chi connectivity index (χ1) is 14.0. The van der Waals surface area contributed by atoms with Gasteiger partial charge in [0, 0.05) is 13.1 Å². The van der Waals surface area contributed by atoms with E-state index in [2.05, 4.69) is 15.5 Å². The number of H-pyrrole nitrogens is 1. The molecule has 5 nitrogen and oxygen atoms in total. The zero-order valence-corrected chi connectivity index (χ0v) is 16.5. The smallest absolute Gasteiger partial charge is 0.287 e. The number of hydrogen-bond donors (Lipinski definition) is 2. The van der Waals surface area contributed by atoms with Gasteiger partial charge in [-0.3, -0.25) is 10.2 Å². The largest absolute Gasteiger partial charge is 0.367 e. The van der Waals surface area contributed by atoms with Crippen LogP contribution in [0.4, 0.5) is 20.3 Å². The molecule has 3 aromatic rings. The van der Waals surface area contributed by atoms with E-state index in [0.717, 1.165) is 16.3 Å². The maximum Gasteiger partial charge on any atom is 0.287 e. The normalized spacial score (nSPS) is 11.3. The molecule has 0 aliphatic carbocycles. The molecule has 0 atom stereocenters. The van der Waals surface area contributed by atoms with E-state index in [9.17, 15) is 13.6 Å². The Kier molecular flexibility index (Phi) is 6.59. The van der Waals surface area contributed by atoms with Crippen molar-refractivity contribution in [3.8, 4) is 0 Å². The van der Waals surface area contributed by atoms with Crippen LogP contribution in [0, 0.1) is 11.6 Å². The van der Waals surface area contributed by atoms with E-state index >= 15 is 0 Å². The standard InChI is InChI=1S/C22H24F2N4O/c1-3-11-28(12-4-2)20-18(23)21(26-22(29)19(20)24)27-25-14-15-9-10-16-7-5-6-8-17(16)13-15/h5-10,13-14H,3-4,11-12H2,1-2H3,(H2,26,27,29)/b25-14+. The summed E-state index contributed by atoms with van der Waals surface area (Å²) in [7, 11) is 0. The van der Waals surface area contributed by atoms with Gasteiger partial charge in [0.2, 0.25) is 5.82 Å². The van der Waals surface area contributed by atoms with Crippen molar-refractivity contribution in [3.63, 3.8) is 0 Å². The van der Waals surface area contributed by atoms with Gasteiger partial charge >= 0.3 is 0 Å². The lowest BCUT2D eigenvalue weighted by Crippen LogP contribution is -2.30. The monoisotopic (exact) mass is 398 g/mol. The van der Waals surface area contributed by atoms with Crippen LogP contribution < -0.4 is 15.9 Å². The molecule has 29 heavy (non-hydrogen) atoms. The van der Waals surface area contributed by atoms with Gasteiger partial charge in [-0.1, -0.05) is 50.2 Å². The quantitative estimate of drug-likeness (QED) is 0.420. The Balaban J connectivity index is 1.88. The molecule has 7 heteroatoms. The first-order valence-corrected chi connectivity index (χ1v) is 9.69. The Morgan fingerprint density at radius 2 is 1.72 bits per heavy atom. The number of nitrogens with zero attached hydrogens (tertiary/aromatic N) is 2. The molecule has 2 aromatic carbocycles. The molecule has 0 amide bonds. The Morgan fingerprint density at radius 1 is 1.03 bits per heavy atom. The number of rotatable bonds is 8. The maximum absolute atomic E-state index is 15.0. The van der Waals surface area contributed by atoms with Crippen LogP contribution in [0.3, 0.4) is 0 Å². The SMILES string of the molecule is CCCN(CCC)c1c(F)c(N/N=C/c2ccc3ccccc3c2)[nH]c(=O)c1F. The van der Waals surface area contributed by atoms with E-state index in [4.69, 9.17) is 0 Å². The lowest BCUT2D eigenvalue weighted by Gasteiger charge is -2.25. The van der Waals surface area contributed by atoms with Gasteiger partial charge in [-0.2, -0.15) is 9.49 Å². The highest BCUT2D eigenvalue weighted by Gasteiger charge is 2.22. The third-order valence-electron chi connectivity index (χ3n) is 4.54. The Bertz CT molecular complexity index is 1070. The zero-order chi connectivity index (χ0) is 20.8. The molecule has 0 aliphatic rings. The number of aromatic nitrogens is 1. The van der Waals surface area contributed by atoms with Crippen LogP contribution in [0.25, 0.3) is 10.8 Å². The number of benzene rings is 2. The minimum Gasteiger partial charge on any atom is -0.367 e. The average molecular weight is 398 g/mol. The summed E-state index contributed by atoms with van der Waals surface area (Å²) < 4.78 is 29.3. The highest BCUT2D eigenvalue weighted by molar-refractivity contribution is 5.90. The number of fused-ring (bicyclic) bond motifs is 1. The fraction of sp³-hybridized carbons (Fsp3) is 0.273. The summed E-state index contributed by atoms with van der Waals surface area (Å²) in [4.78, 5) is 15.7. The van der Waals surface area contributed by atoms with Crippen LogP contribution in [-0.2, 0) is 0 Å². The lowest BCUT2D eigenvalue weighted by atomic mass is 10.1. The first-order valence-electron chi connectivity index (χ1n) is 9.69. The number of pyridine rings is 1. The van der Waals surface area contributed by atoms with Crippen molar-refractivity contribution in [1.82, 2.24) is 4.98 Å². The van der Waals surface area contributed by atoms with Gasteiger partial charge in [-0.25, -0.2) is 4.39 Å². The van der Waals surface area contributed by atoms with E-state index in [1.165, 1.54) is 6.21 Å². The molecule has 0 saturated heterocycles. The number of aromatic amines is 1. The van der Waals surface area contributed by atoms with Crippen LogP contribution in [0.15, 0.2) is 52.4 Å². The fourth-order valence-electron chi connectivity index (χ4n) is 3.23. The van der Waals surface area contributed by atoms with E-state index in [0.29, 0.717) is 25.9 Å². The number of hydrazone groups is 1. The van der Waals surface area contributed by atoms with Gasteiger partial charge in [0.1, 0.15) is 5.69 Å². The van der Waals surface area contributed by atoms with E-state index in [1.54, 1.807) is 4.90 Å². The summed E-state index contributed by atoms with van der Waals surface area (Å²) >= 11 is 0. The Morgan fingerprint density at radius 3 is 2.41 bits per heavy atom. The second kappa shape index (κ2) is 9.32. The van der Waals surface area contributed by atoms with E-state index in [-0.39, 0.29) is 11.5 Å². The predicted molar refractivity (Wildman–Crippen MR) is 115 cm³/mol. The summed E-state index contributed by atoms with van der Waals surface area (Å²) in [5.74, 6) is -2.24. The molecule has 1 aromatic heterocycles. The highest BCUT2D eigenvalue weighted by atomic mass is 19.1. The summed E-state index contributed by atoms with van der Waals surface area (Å²) in [6, 6.07) is 13.7. The van der Waals surface area contributed by atoms with Crippen molar-refractivity contribution in [3.05, 3.63) is 70.0 Å². The molecule has 3 rings (SSSR count). The first kappa shape index (κ1) is 20.5. The molecule has 0 saturated carbocycles. The summed E-state index contributed by atoms with van der Waals surface area (Å²) in [5.41, 5.74) is 2.01. The van der Waals surface area contributed by atoms with Crippen LogP contribution in [0.5, 0.6) is 0 Å². The molecular formula is C22H24F2N4O. The van der Waals surface area contributed by atoms with Gasteiger partial charge in [0.25, 0.3) is 5.56 Å². The van der Waals surface area contributed by atoms with Crippen molar-refractivity contribution in [2.75, 3.05) is 23.4 Å². The second-order valence-electron chi connectivity index (χ2n) is 6.77. The van der Waals surface area contributed by atoms with Gasteiger partial charge in [-0.15, -0.1) is 0 Å². The fourth-order valence-corrected chi connectivity index (χ4v) is 3.23. The minimum atomic E-state index is -1.12. The average Bonchev–Trinajstić information content (AvgIpc) is 2.72. The van der Waals surface area contributed by atoms with Crippen molar-refractivity contribution in [1.29, 1.82) is 0 Å². The summed E-state index contributed by atoms with van der Waals surface area (Å²) in [6.45, 7) is 4.73. The van der Waals surface area contributed by atoms with Crippen LogP contribution >= 0.6 is 0 Å². The molecule has 0 fully saturated rings. The van der Waals surface area contributed by atoms with Crippen molar-refractivity contribution < 1.29 is 8.78 Å². The van der Waals surface area contributed by atoms with E-state index < -0.39 is 17.2 Å². The maximum atomic E-state index is 15.0. The Labute approximate surface area is 168 Å². The highest BCUT2D eigenvalue weighted by Crippen LogP contribution is 2.26. The predicted octanol–water partition coefficient (Wildman–Crippen LogP) is 4.88. The molecule has 0 unspecified atom stereocenters. The molecular weight excluding hydrogens is 374 g/mol. The van der Waals surface area contributed by atoms with Crippen LogP contribution in [0.2, 0.25) is 0 Å². The molecule has 0 aliphatic heterocycles. The molecule has 1 heterocycles. The molecule has 0 radical (unpaired) electrons. The minimum absolute atomic E-state index is 0.263. The molecule has 0 spiro atoms. The van der Waals surface area contributed by atoms with Gasteiger partial charge < -0.3 is 9.88 Å². The molecule has 152 valence electrons. The van der Waals surface area contributed by atoms with E-state index in [1.807, 2.05) is 56.3 Å². The molecule has 2 N–H and O–H groups in total. The number of hydrogen-bond acceptors (Lipinski definition) is 4. The second-order valence-corrected chi connectivity index (χ2v) is 6.77. The van der Waals surface area contributed by atoms with Crippen molar-refractivity contribution in [2.24, 2.45) is 5.10 Å². The van der Waals surface area contributed by atoms with Gasteiger partial charge in [-0.05, 0) is 35.2 Å². The van der Waals surface area contributed by atoms with Crippen molar-refractivity contribution in [2.45, 2.75) is 26.7 Å². The molecule has 0 bridgehead atoms. The van der Waals surface area contributed by atoms with Crippen molar-refractivity contribution >= 4 is 28.5 Å². The third-order valence-corrected chi connectivity index (χ3v) is 4.54. The van der Waals surface area contributed by atoms with Crippen LogP contribution in [0.1, 0.15) is 32.3 Å². The zero-order valence-electron chi connectivity index (χ0n) is 16.5. The van der Waals surface area contributed by atoms with Gasteiger partial charge in [0.15, 0.2) is 11.6 Å². The summed E-state index contributed by atoms with van der Waals surface area (Å²) in [5, 5.41) is 6.17. The number of halogens is 2. The van der Waals surface area contributed by atoms with Gasteiger partial charge in [0.05, 0.1) is 6.21 Å². The topological polar surface area (TPSA) is 60.5 Å². The Hall–Kier alpha value is -3.22. The van der Waals surface area contributed by atoms with Crippen LogP contribution in [-0.4, -0.2) is 24.3 Å². The third kappa shape index (κ3) is 4.62.